The molecule has 5 aromatic rings. The smallest absolute Gasteiger partial charge is 0.269 e. The predicted octanol–water partition coefficient (Wildman–Crippen LogP) is 6.40. The Balaban J connectivity index is 1.47. The number of aliphatic hydroxyl groups is 1. The number of ether oxygens (including phenoxy) is 1. The minimum atomic E-state index is 0.00506. The molecule has 6 nitrogen and oxygen atoms in total. The number of anilines is 1. The summed E-state index contributed by atoms with van der Waals surface area (Å²) in [6.07, 6.45) is 6.14. The average Bonchev–Trinajstić information content (AvgIpc) is 3.71. The maximum absolute atomic E-state index is 13.7. The number of hydrogen-bond donors (Lipinski definition) is 1. The summed E-state index contributed by atoms with van der Waals surface area (Å²) in [6.45, 7) is 10.7. The minimum Gasteiger partial charge on any atom is -0.494 e. The Kier molecular flexibility index (Phi) is 9.94. The number of nitrogens with zero attached hydrogens (tertiary/aromatic N) is 3. The molecule has 3 heterocycles. The average molecular weight is 669 g/mol. The number of rotatable bonds is 10. The van der Waals surface area contributed by atoms with Gasteiger partial charge in [0.15, 0.2) is 6.54 Å². The summed E-state index contributed by atoms with van der Waals surface area (Å²) in [5.41, 5.74) is 5.54. The molecule has 0 saturated carbocycles. The number of aromatic nitrogens is 2. The van der Waals surface area contributed by atoms with E-state index in [-0.39, 0.29) is 12.2 Å². The van der Waals surface area contributed by atoms with Crippen molar-refractivity contribution in [3.05, 3.63) is 114 Å². The number of fused-ring (bicyclic) bond motifs is 1. The third-order valence-corrected chi connectivity index (χ3v) is 11.3. The lowest BCUT2D eigenvalue weighted by atomic mass is 10.1. The minimum absolute atomic E-state index is 0.00506. The zero-order valence-corrected chi connectivity index (χ0v) is 29.0. The van der Waals surface area contributed by atoms with Gasteiger partial charge in [-0.25, -0.2) is 0 Å². The molecule has 0 radical (unpaired) electrons. The van der Waals surface area contributed by atoms with Crippen LogP contribution >= 0.6 is 34.4 Å². The molecule has 1 aliphatic heterocycles. The summed E-state index contributed by atoms with van der Waals surface area (Å²) in [5.74, 6) is 0.910. The first-order valence-corrected chi connectivity index (χ1v) is 18.1. The van der Waals surface area contributed by atoms with Crippen LogP contribution in [-0.2, 0) is 13.1 Å². The lowest BCUT2D eigenvalue weighted by molar-refractivity contribution is -0.684. The van der Waals surface area contributed by atoms with Crippen LogP contribution in [0.2, 0.25) is 0 Å². The molecule has 0 fully saturated rings. The van der Waals surface area contributed by atoms with Crippen molar-refractivity contribution in [1.29, 1.82) is 0 Å². The van der Waals surface area contributed by atoms with E-state index in [4.69, 9.17) is 4.74 Å². The van der Waals surface area contributed by atoms with Crippen molar-refractivity contribution in [2.24, 2.45) is 0 Å². The molecular weight excluding hydrogens is 631 g/mol. The van der Waals surface area contributed by atoms with Gasteiger partial charge in [0.25, 0.3) is 10.6 Å². The Morgan fingerprint density at radius 1 is 0.913 bits per heavy atom. The molecule has 3 aromatic carbocycles. The number of benzene rings is 3. The fourth-order valence-electron chi connectivity index (χ4n) is 5.74. The van der Waals surface area contributed by atoms with Crippen molar-refractivity contribution >= 4 is 52.3 Å². The molecule has 0 spiro atoms. The summed E-state index contributed by atoms with van der Waals surface area (Å²) in [7, 11) is 0. The highest BCUT2D eigenvalue weighted by molar-refractivity contribution is 8.03. The molecule has 6 rings (SSSR count). The van der Waals surface area contributed by atoms with Gasteiger partial charge < -0.3 is 14.7 Å². The van der Waals surface area contributed by atoms with Crippen molar-refractivity contribution < 1.29 is 14.4 Å². The summed E-state index contributed by atoms with van der Waals surface area (Å²) >= 11 is 4.91. The van der Waals surface area contributed by atoms with Gasteiger partial charge in [0.1, 0.15) is 21.9 Å². The number of allylic oxidation sites excluding steroid dienone is 1. The molecule has 0 atom stereocenters. The molecule has 46 heavy (non-hydrogen) atoms. The Hall–Kier alpha value is -3.89. The largest absolute Gasteiger partial charge is 0.494 e. The second-order valence-electron chi connectivity index (χ2n) is 10.8. The van der Waals surface area contributed by atoms with Crippen LogP contribution in [0.15, 0.2) is 93.6 Å². The Bertz CT molecular complexity index is 2060. The number of aryl methyl sites for hydroxylation is 1. The van der Waals surface area contributed by atoms with Crippen LogP contribution < -0.4 is 29.0 Å². The molecule has 0 saturated heterocycles. The van der Waals surface area contributed by atoms with Gasteiger partial charge in [-0.05, 0) is 69.2 Å². The van der Waals surface area contributed by atoms with Crippen LogP contribution in [0, 0.1) is 6.92 Å². The molecule has 1 N–H and O–H groups in total. The SMILES string of the molecule is CCOc1cc2c(cc1C)SC(=CC=c1sc(=Cc3sc(-c4ccccc4)c(-c4ccccc4)[n+]3CCO)n(CC)c1=O)N2CC. The molecule has 2 aromatic heterocycles. The number of thioether (sulfide) groups is 1. The van der Waals surface area contributed by atoms with Gasteiger partial charge in [0.05, 0.1) is 27.9 Å². The summed E-state index contributed by atoms with van der Waals surface area (Å²) in [6, 6.07) is 25.0. The number of hydrogen-bond acceptors (Lipinski definition) is 7. The van der Waals surface area contributed by atoms with Gasteiger partial charge in [-0.1, -0.05) is 71.6 Å². The highest BCUT2D eigenvalue weighted by Gasteiger charge is 2.28. The molecule has 1 aliphatic rings. The molecule has 0 unspecified atom stereocenters. The highest BCUT2D eigenvalue weighted by atomic mass is 32.2. The van der Waals surface area contributed by atoms with Crippen LogP contribution in [-0.4, -0.2) is 29.4 Å². The number of aliphatic hydroxyl groups excluding tert-OH is 1. The lowest BCUT2D eigenvalue weighted by Gasteiger charge is -2.18. The van der Waals surface area contributed by atoms with Gasteiger partial charge in [-0.3, -0.25) is 9.36 Å². The van der Waals surface area contributed by atoms with Crippen LogP contribution in [0.3, 0.4) is 0 Å². The van der Waals surface area contributed by atoms with Crippen molar-refractivity contribution in [1.82, 2.24) is 4.57 Å². The Morgan fingerprint density at radius 2 is 1.63 bits per heavy atom. The Labute approximate surface area is 281 Å². The van der Waals surface area contributed by atoms with Crippen LogP contribution in [0.1, 0.15) is 31.3 Å². The highest BCUT2D eigenvalue weighted by Crippen LogP contribution is 2.48. The summed E-state index contributed by atoms with van der Waals surface area (Å²) in [5, 5.41) is 12.2. The van der Waals surface area contributed by atoms with Crippen LogP contribution in [0.4, 0.5) is 5.69 Å². The third-order valence-electron chi connectivity index (χ3n) is 7.89. The van der Waals surface area contributed by atoms with Crippen molar-refractivity contribution in [3.63, 3.8) is 0 Å². The molecule has 0 aliphatic carbocycles. The second-order valence-corrected chi connectivity index (χ2v) is 13.9. The maximum atomic E-state index is 13.7. The fraction of sp³-hybridized carbons (Fsp3) is 0.243. The molecule has 0 amide bonds. The molecule has 236 valence electrons. The summed E-state index contributed by atoms with van der Waals surface area (Å²) < 4.78 is 11.5. The van der Waals surface area contributed by atoms with E-state index in [9.17, 15) is 9.90 Å². The molecular formula is C37H38N3O3S3+. The monoisotopic (exact) mass is 668 g/mol. The van der Waals surface area contributed by atoms with E-state index in [2.05, 4.69) is 71.9 Å². The van der Waals surface area contributed by atoms with Gasteiger partial charge in [-0.15, -0.1) is 11.3 Å². The van der Waals surface area contributed by atoms with E-state index < -0.39 is 0 Å². The first-order chi connectivity index (χ1) is 22.5. The number of thiazole rings is 2. The van der Waals surface area contributed by atoms with Gasteiger partial charge >= 0.3 is 0 Å². The van der Waals surface area contributed by atoms with E-state index in [0.717, 1.165) is 59.9 Å². The zero-order chi connectivity index (χ0) is 32.2. The van der Waals surface area contributed by atoms with Crippen molar-refractivity contribution in [2.45, 2.75) is 45.7 Å². The first kappa shape index (κ1) is 32.1. The van der Waals surface area contributed by atoms with E-state index >= 15 is 0 Å². The maximum Gasteiger partial charge on any atom is 0.269 e. The van der Waals surface area contributed by atoms with Crippen molar-refractivity contribution in [2.75, 3.05) is 24.7 Å². The fourth-order valence-corrected chi connectivity index (χ4v) is 9.32. The van der Waals surface area contributed by atoms with Gasteiger partial charge in [-0.2, -0.15) is 4.57 Å². The van der Waals surface area contributed by atoms with E-state index in [0.29, 0.717) is 24.2 Å². The van der Waals surface area contributed by atoms with E-state index in [1.807, 2.05) is 60.9 Å². The quantitative estimate of drug-likeness (QED) is 0.175. The zero-order valence-electron chi connectivity index (χ0n) is 26.5. The van der Waals surface area contributed by atoms with Crippen molar-refractivity contribution in [3.8, 4) is 27.4 Å². The van der Waals surface area contributed by atoms with E-state index in [1.165, 1.54) is 16.2 Å². The summed E-state index contributed by atoms with van der Waals surface area (Å²) in [4.78, 5) is 18.3. The molecule has 9 heteroatoms. The first-order valence-electron chi connectivity index (χ1n) is 15.6. The van der Waals surface area contributed by atoms with Gasteiger partial charge in [0.2, 0.25) is 5.69 Å². The predicted molar refractivity (Wildman–Crippen MR) is 193 cm³/mol. The van der Waals surface area contributed by atoms with Crippen LogP contribution in [0.5, 0.6) is 5.75 Å². The molecule has 0 bridgehead atoms. The van der Waals surface area contributed by atoms with E-state index in [1.54, 1.807) is 23.1 Å². The van der Waals surface area contributed by atoms with Crippen LogP contribution in [0.25, 0.3) is 33.9 Å². The Morgan fingerprint density at radius 3 is 2.28 bits per heavy atom. The third kappa shape index (κ3) is 6.25. The standard InChI is InChI=1S/C37H38N3O3S3/c1-5-38-28-23-29(43-7-3)25(4)22-31(28)45-32(38)19-18-30-37(42)39(6-2)33(44-30)24-34-40(20-21-41)35(26-14-10-8-11-15-26)36(46-34)27-16-12-9-13-17-27/h8-19,22-24,41H,5-7,20-21H2,1-4H3/q+1. The second kappa shape index (κ2) is 14.3. The topological polar surface area (TPSA) is 58.6 Å². The lowest BCUT2D eigenvalue weighted by Crippen LogP contribution is -2.39. The van der Waals surface area contributed by atoms with Gasteiger partial charge in [0, 0.05) is 29.6 Å². The normalized spacial score (nSPS) is 14.5.